The monoisotopic (exact) mass is 880 g/mol. The summed E-state index contributed by atoms with van der Waals surface area (Å²) >= 11 is 0.884. The summed E-state index contributed by atoms with van der Waals surface area (Å²) in [6.45, 7) is 5.58. The second-order valence-electron chi connectivity index (χ2n) is 15.0. The number of aliphatic hydroxyl groups is 1. The zero-order valence-electron chi connectivity index (χ0n) is 32.8. The molecule has 2 aliphatic rings. The summed E-state index contributed by atoms with van der Waals surface area (Å²) in [4.78, 5) is 26.9. The summed E-state index contributed by atoms with van der Waals surface area (Å²) in [6.07, 6.45) is 8.66. The highest BCUT2D eigenvalue weighted by molar-refractivity contribution is 7.97. The van der Waals surface area contributed by atoms with Gasteiger partial charge in [-0.1, -0.05) is 26.0 Å². The van der Waals surface area contributed by atoms with Crippen LogP contribution in [-0.4, -0.2) is 67.9 Å². The Labute approximate surface area is 354 Å². The van der Waals surface area contributed by atoms with Crippen LogP contribution in [0.4, 0.5) is 17.6 Å². The largest absolute Gasteiger partial charge is 0.477 e. The fraction of sp³-hybridized carbons (Fsp3) is 0.325. The van der Waals surface area contributed by atoms with Crippen LogP contribution in [0.5, 0.6) is 11.8 Å². The van der Waals surface area contributed by atoms with E-state index in [1.54, 1.807) is 30.6 Å². The molecule has 3 N–H and O–H groups in total. The van der Waals surface area contributed by atoms with Gasteiger partial charge in [0.2, 0.25) is 35.6 Å². The number of aromatic nitrogens is 8. The summed E-state index contributed by atoms with van der Waals surface area (Å²) in [5, 5.41) is 18.8. The average Bonchev–Trinajstić information content (AvgIpc) is 4.00. The lowest BCUT2D eigenvalue weighted by molar-refractivity contribution is 0.0978. The summed E-state index contributed by atoms with van der Waals surface area (Å²) in [6, 6.07) is 16.8. The van der Waals surface area contributed by atoms with E-state index < -0.39 is 52.5 Å². The number of hydrogen-bond acceptors (Lipinski definition) is 13. The lowest BCUT2D eigenvalue weighted by atomic mass is 10.1. The maximum atomic E-state index is 14.5. The first-order valence-corrected chi connectivity index (χ1v) is 21.0. The molecule has 0 aliphatic heterocycles. The van der Waals surface area contributed by atoms with Gasteiger partial charge in [-0.3, -0.25) is 9.52 Å². The van der Waals surface area contributed by atoms with Crippen molar-refractivity contribution >= 4 is 28.8 Å². The topological polar surface area (TPSA) is 184 Å². The van der Waals surface area contributed by atoms with Crippen LogP contribution in [0, 0.1) is 34.6 Å². The normalized spacial score (nSPS) is 15.5. The molecule has 2 atom stereocenters. The molecule has 8 rings (SSSR count). The van der Waals surface area contributed by atoms with Gasteiger partial charge in [-0.15, -0.1) is 10.2 Å². The van der Waals surface area contributed by atoms with Crippen LogP contribution in [-0.2, 0) is 11.0 Å². The molecule has 21 heteroatoms. The zero-order chi connectivity index (χ0) is 43.1. The number of ether oxygens (including phenoxy) is 2. The Hall–Kier alpha value is -5.77. The SMILES string of the molecule is CC1(CCOc2ccn(-c3ccc(C(=O)NS(=O)c4cccc(F)n4)c(F)n3)n2)CC1.CC1(CCOc2ccn(-c3ccc(C(O)NSc4cccc(F)n4)c(F)n3)n2)CC1. The molecule has 0 radical (unpaired) electrons. The molecule has 2 fully saturated rings. The first kappa shape index (κ1) is 43.3. The highest BCUT2D eigenvalue weighted by Gasteiger charge is 2.37. The van der Waals surface area contributed by atoms with Gasteiger partial charge in [-0.2, -0.15) is 27.5 Å². The van der Waals surface area contributed by atoms with Crippen molar-refractivity contribution in [2.75, 3.05) is 13.2 Å². The fourth-order valence-electron chi connectivity index (χ4n) is 5.55. The third kappa shape index (κ3) is 12.0. The van der Waals surface area contributed by atoms with Crippen molar-refractivity contribution < 1.29 is 41.1 Å². The van der Waals surface area contributed by atoms with Crippen molar-refractivity contribution in [3.05, 3.63) is 120 Å². The third-order valence-electron chi connectivity index (χ3n) is 9.98. The first-order chi connectivity index (χ1) is 29.2. The van der Waals surface area contributed by atoms with Crippen LogP contribution in [0.15, 0.2) is 95.2 Å². The van der Waals surface area contributed by atoms with Crippen LogP contribution < -0.4 is 18.9 Å². The van der Waals surface area contributed by atoms with Crippen LogP contribution in [0.2, 0.25) is 0 Å². The van der Waals surface area contributed by atoms with Crippen LogP contribution in [0.3, 0.4) is 0 Å². The Balaban J connectivity index is 0.000000184. The van der Waals surface area contributed by atoms with Gasteiger partial charge in [0, 0.05) is 24.5 Å². The number of halogens is 4. The molecule has 0 spiro atoms. The number of hydrogen-bond donors (Lipinski definition) is 3. The second kappa shape index (κ2) is 18.9. The molecule has 2 unspecified atom stereocenters. The van der Waals surface area contributed by atoms with Gasteiger partial charge < -0.3 is 14.6 Å². The average molecular weight is 881 g/mol. The third-order valence-corrected chi connectivity index (χ3v) is 11.7. The quantitative estimate of drug-likeness (QED) is 0.0379. The molecule has 1 amide bonds. The Kier molecular flexibility index (Phi) is 13.4. The van der Waals surface area contributed by atoms with Crippen LogP contribution in [0.1, 0.15) is 74.5 Å². The fourth-order valence-corrected chi connectivity index (χ4v) is 6.95. The number of pyridine rings is 4. The summed E-state index contributed by atoms with van der Waals surface area (Å²) in [5.74, 6) is -3.13. The molecule has 15 nitrogen and oxygen atoms in total. The van der Waals surface area contributed by atoms with Crippen molar-refractivity contribution in [3.8, 4) is 23.4 Å². The smallest absolute Gasteiger partial charge is 0.267 e. The van der Waals surface area contributed by atoms with Crippen molar-refractivity contribution in [1.82, 2.24) is 48.9 Å². The predicted octanol–water partition coefficient (Wildman–Crippen LogP) is 6.76. The maximum absolute atomic E-state index is 14.5. The number of carbonyl (C=O) groups excluding carboxylic acids is 1. The van der Waals surface area contributed by atoms with Crippen molar-refractivity contribution in [1.29, 1.82) is 0 Å². The van der Waals surface area contributed by atoms with E-state index in [0.29, 0.717) is 40.8 Å². The molecule has 0 aromatic carbocycles. The van der Waals surface area contributed by atoms with Gasteiger partial charge in [0.05, 0.1) is 24.3 Å². The van der Waals surface area contributed by atoms with Crippen molar-refractivity contribution in [2.24, 2.45) is 10.8 Å². The number of rotatable bonds is 17. The molecule has 6 aromatic heterocycles. The van der Waals surface area contributed by atoms with E-state index in [2.05, 4.69) is 53.4 Å². The van der Waals surface area contributed by atoms with Crippen molar-refractivity contribution in [2.45, 2.75) is 68.7 Å². The zero-order valence-corrected chi connectivity index (χ0v) is 34.4. The molecule has 2 aliphatic carbocycles. The van der Waals surface area contributed by atoms with E-state index in [1.165, 1.54) is 83.6 Å². The van der Waals surface area contributed by atoms with E-state index in [-0.39, 0.29) is 22.2 Å². The van der Waals surface area contributed by atoms with Gasteiger partial charge in [-0.05, 0) is 110 Å². The van der Waals surface area contributed by atoms with Gasteiger partial charge in [0.15, 0.2) is 27.6 Å². The highest BCUT2D eigenvalue weighted by Crippen LogP contribution is 2.48. The Morgan fingerprint density at radius 1 is 0.770 bits per heavy atom. The predicted molar refractivity (Wildman–Crippen MR) is 214 cm³/mol. The number of aliphatic hydroxyl groups excluding tert-OH is 1. The van der Waals surface area contributed by atoms with Crippen LogP contribution >= 0.6 is 11.9 Å². The molecular formula is C40H40F4N10O5S2. The van der Waals surface area contributed by atoms with E-state index in [0.717, 1.165) is 30.9 Å². The van der Waals surface area contributed by atoms with E-state index in [9.17, 15) is 31.7 Å². The molecule has 2 saturated carbocycles. The summed E-state index contributed by atoms with van der Waals surface area (Å²) < 4.78 is 85.9. The Bertz CT molecular complexity index is 2520. The molecule has 6 heterocycles. The lowest BCUT2D eigenvalue weighted by Gasteiger charge is -2.13. The molecule has 0 saturated heterocycles. The van der Waals surface area contributed by atoms with Crippen LogP contribution in [0.25, 0.3) is 11.6 Å². The molecule has 0 bridgehead atoms. The maximum Gasteiger partial charge on any atom is 0.267 e. The van der Waals surface area contributed by atoms with Gasteiger partial charge in [0.25, 0.3) is 5.91 Å². The molecule has 6 aromatic rings. The minimum atomic E-state index is -2.16. The van der Waals surface area contributed by atoms with Gasteiger partial charge in [0.1, 0.15) is 11.3 Å². The number of carbonyl (C=O) groups is 1. The molecule has 320 valence electrons. The number of amides is 1. The van der Waals surface area contributed by atoms with E-state index >= 15 is 0 Å². The lowest BCUT2D eigenvalue weighted by Crippen LogP contribution is -2.27. The van der Waals surface area contributed by atoms with Gasteiger partial charge >= 0.3 is 0 Å². The summed E-state index contributed by atoms with van der Waals surface area (Å²) in [7, 11) is -2.16. The number of nitrogens with one attached hydrogen (secondary N) is 2. The first-order valence-electron chi connectivity index (χ1n) is 19.0. The Morgan fingerprint density at radius 3 is 1.87 bits per heavy atom. The van der Waals surface area contributed by atoms with E-state index in [1.807, 2.05) is 0 Å². The molecule has 61 heavy (non-hydrogen) atoms. The minimum Gasteiger partial charge on any atom is -0.477 e. The van der Waals surface area contributed by atoms with Gasteiger partial charge in [-0.25, -0.2) is 28.3 Å². The summed E-state index contributed by atoms with van der Waals surface area (Å²) in [5.41, 5.74) is 0.303. The van der Waals surface area contributed by atoms with E-state index in [4.69, 9.17) is 9.47 Å². The number of nitrogens with zero attached hydrogens (tertiary/aromatic N) is 8. The second-order valence-corrected chi connectivity index (χ2v) is 17.0. The highest BCUT2D eigenvalue weighted by atomic mass is 32.2. The minimum absolute atomic E-state index is 0.0519. The van der Waals surface area contributed by atoms with Crippen molar-refractivity contribution in [3.63, 3.8) is 0 Å². The Morgan fingerprint density at radius 2 is 1.33 bits per heavy atom. The standard InChI is InChI=1S/C20H19F2N5O3S.C20H21F2N5O2S/c1-20(8-9-20)10-12-30-16-7-11-27(25-16)15-6-5-13(18(22)24-15)19(28)26-31(29)17-4-2-3-14(21)23-17;1-20(8-9-20)10-12-29-16-7-11-27(25-16)15-6-5-13(18(22)24-15)19(28)26-30-17-4-2-3-14(21)23-17/h2-7,11H,8-10,12H2,1H3,(H,26,28);2-7,11,19,26,28H,8-10,12H2,1H3. The molecular weight excluding hydrogens is 841 g/mol.